The third kappa shape index (κ3) is 4.90. The predicted molar refractivity (Wildman–Crippen MR) is 119 cm³/mol. The molecular formula is C25H33N3O3. The van der Waals surface area contributed by atoms with Gasteiger partial charge in [-0.05, 0) is 43.9 Å². The summed E-state index contributed by atoms with van der Waals surface area (Å²) >= 11 is 0. The van der Waals surface area contributed by atoms with Gasteiger partial charge in [-0.15, -0.1) is 0 Å². The molecule has 1 amide bonds. The minimum Gasteiger partial charge on any atom is -0.377 e. The van der Waals surface area contributed by atoms with Gasteiger partial charge in [0.2, 0.25) is 0 Å². The standard InChI is InChI=1S/C25H33N3O3/c1-25(2,31-3)17-27-13-12-20(26-27)15-23(29)22(14-18-8-4-5-9-18)28-16-19-10-6-7-11-21(19)24(28)30/h6-7,10-13,18,22H,4-5,8-9,14-17H2,1-3H3/t22-/m0/s1. The van der Waals surface area contributed by atoms with E-state index in [-0.39, 0.29) is 29.8 Å². The van der Waals surface area contributed by atoms with Crippen LogP contribution in [0.15, 0.2) is 36.5 Å². The molecule has 6 nitrogen and oxygen atoms in total. The zero-order valence-corrected chi connectivity index (χ0v) is 18.8. The monoisotopic (exact) mass is 423 g/mol. The number of methoxy groups -OCH3 is 1. The van der Waals surface area contributed by atoms with Crippen LogP contribution < -0.4 is 0 Å². The molecular weight excluding hydrogens is 390 g/mol. The lowest BCUT2D eigenvalue weighted by molar-refractivity contribution is -0.123. The van der Waals surface area contributed by atoms with Gasteiger partial charge in [0.25, 0.3) is 5.91 Å². The van der Waals surface area contributed by atoms with Gasteiger partial charge in [0.15, 0.2) is 5.78 Å². The Morgan fingerprint density at radius 3 is 2.68 bits per heavy atom. The fraction of sp³-hybridized carbons (Fsp3) is 0.560. The maximum atomic E-state index is 13.5. The van der Waals surface area contributed by atoms with E-state index in [0.29, 0.717) is 19.0 Å². The molecule has 0 unspecified atom stereocenters. The van der Waals surface area contributed by atoms with Crippen LogP contribution in [0.1, 0.15) is 67.6 Å². The van der Waals surface area contributed by atoms with Crippen molar-refractivity contribution in [2.24, 2.45) is 5.92 Å². The first-order valence-electron chi connectivity index (χ1n) is 11.4. The summed E-state index contributed by atoms with van der Waals surface area (Å²) in [7, 11) is 1.69. The molecule has 2 aromatic rings. The van der Waals surface area contributed by atoms with Crippen molar-refractivity contribution in [1.82, 2.24) is 14.7 Å². The number of carbonyl (C=O) groups is 2. The highest BCUT2D eigenvalue weighted by molar-refractivity contribution is 6.01. The number of ketones is 1. The molecule has 1 atom stereocenters. The van der Waals surface area contributed by atoms with Gasteiger partial charge in [-0.1, -0.05) is 43.9 Å². The zero-order chi connectivity index (χ0) is 22.0. The number of benzene rings is 1. The first-order chi connectivity index (χ1) is 14.9. The van der Waals surface area contributed by atoms with Crippen molar-refractivity contribution in [3.8, 4) is 0 Å². The molecule has 0 radical (unpaired) electrons. The van der Waals surface area contributed by atoms with Crippen molar-refractivity contribution in [3.05, 3.63) is 53.3 Å². The molecule has 6 heteroatoms. The molecule has 1 aliphatic heterocycles. The fourth-order valence-electron chi connectivity index (χ4n) is 4.86. The Labute approximate surface area is 184 Å². The van der Waals surface area contributed by atoms with Crippen LogP contribution in [0.4, 0.5) is 0 Å². The Morgan fingerprint density at radius 1 is 1.23 bits per heavy atom. The number of rotatable bonds is 9. The number of carbonyl (C=O) groups excluding carboxylic acids is 2. The van der Waals surface area contributed by atoms with E-state index in [1.165, 1.54) is 12.8 Å². The van der Waals surface area contributed by atoms with Gasteiger partial charge in [0, 0.05) is 25.4 Å². The third-order valence-electron chi connectivity index (χ3n) is 6.78. The number of nitrogens with zero attached hydrogens (tertiary/aromatic N) is 3. The van der Waals surface area contributed by atoms with E-state index < -0.39 is 0 Å². The molecule has 2 aliphatic rings. The third-order valence-corrected chi connectivity index (χ3v) is 6.78. The second-order valence-corrected chi connectivity index (χ2v) is 9.60. The molecule has 1 aliphatic carbocycles. The second kappa shape index (κ2) is 8.95. The summed E-state index contributed by atoms with van der Waals surface area (Å²) in [6.45, 7) is 5.15. The molecule has 0 spiro atoms. The van der Waals surface area contributed by atoms with Gasteiger partial charge < -0.3 is 9.64 Å². The lowest BCUT2D eigenvalue weighted by Crippen LogP contribution is -2.43. The average molecular weight is 424 g/mol. The molecule has 31 heavy (non-hydrogen) atoms. The largest absolute Gasteiger partial charge is 0.377 e. The van der Waals surface area contributed by atoms with Crippen LogP contribution in [-0.4, -0.2) is 45.1 Å². The first kappa shape index (κ1) is 21.8. The maximum Gasteiger partial charge on any atom is 0.255 e. The average Bonchev–Trinajstić information content (AvgIpc) is 3.48. The van der Waals surface area contributed by atoms with Crippen molar-refractivity contribution in [1.29, 1.82) is 0 Å². The summed E-state index contributed by atoms with van der Waals surface area (Å²) < 4.78 is 7.31. The number of amides is 1. The Bertz CT molecular complexity index is 943. The van der Waals surface area contributed by atoms with Gasteiger partial charge >= 0.3 is 0 Å². The molecule has 0 N–H and O–H groups in total. The molecule has 1 aromatic carbocycles. The van der Waals surface area contributed by atoms with Gasteiger partial charge in [0.05, 0.1) is 30.3 Å². The molecule has 166 valence electrons. The minimum atomic E-state index is -0.386. The SMILES string of the molecule is COC(C)(C)Cn1ccc(CC(=O)[C@H](CC2CCCC2)N2Cc3ccccc3C2=O)n1. The Morgan fingerprint density at radius 2 is 1.97 bits per heavy atom. The van der Waals surface area contributed by atoms with Crippen LogP contribution in [0.3, 0.4) is 0 Å². The summed E-state index contributed by atoms with van der Waals surface area (Å²) in [5.74, 6) is 0.592. The van der Waals surface area contributed by atoms with E-state index in [1.54, 1.807) is 12.0 Å². The second-order valence-electron chi connectivity index (χ2n) is 9.60. The van der Waals surface area contributed by atoms with Crippen molar-refractivity contribution in [2.45, 2.75) is 77.1 Å². The first-order valence-corrected chi connectivity index (χ1v) is 11.4. The lowest BCUT2D eigenvalue weighted by atomic mass is 9.93. The highest BCUT2D eigenvalue weighted by atomic mass is 16.5. The van der Waals surface area contributed by atoms with Crippen LogP contribution >= 0.6 is 0 Å². The number of ether oxygens (including phenoxy) is 1. The van der Waals surface area contributed by atoms with E-state index in [0.717, 1.165) is 36.1 Å². The van der Waals surface area contributed by atoms with E-state index in [2.05, 4.69) is 5.10 Å². The van der Waals surface area contributed by atoms with Crippen LogP contribution in [-0.2, 0) is 29.0 Å². The summed E-state index contributed by atoms with van der Waals surface area (Å²) in [6.07, 6.45) is 7.65. The molecule has 1 fully saturated rings. The summed E-state index contributed by atoms with van der Waals surface area (Å²) in [6, 6.07) is 9.22. The zero-order valence-electron chi connectivity index (χ0n) is 18.8. The quantitative estimate of drug-likeness (QED) is 0.611. The van der Waals surface area contributed by atoms with Crippen LogP contribution in [0.2, 0.25) is 0 Å². The Hall–Kier alpha value is -2.47. The van der Waals surface area contributed by atoms with Crippen LogP contribution in [0.25, 0.3) is 0 Å². The normalized spacial score (nSPS) is 17.9. The van der Waals surface area contributed by atoms with E-state index >= 15 is 0 Å². The van der Waals surface area contributed by atoms with Crippen molar-refractivity contribution in [2.75, 3.05) is 7.11 Å². The number of hydrogen-bond acceptors (Lipinski definition) is 4. The summed E-state index contributed by atoms with van der Waals surface area (Å²) in [4.78, 5) is 28.4. The summed E-state index contributed by atoms with van der Waals surface area (Å²) in [5.41, 5.74) is 2.17. The van der Waals surface area contributed by atoms with Crippen molar-refractivity contribution in [3.63, 3.8) is 0 Å². The van der Waals surface area contributed by atoms with Crippen LogP contribution in [0.5, 0.6) is 0 Å². The van der Waals surface area contributed by atoms with Crippen LogP contribution in [0, 0.1) is 5.92 Å². The molecule has 4 rings (SSSR count). The van der Waals surface area contributed by atoms with Gasteiger partial charge in [-0.3, -0.25) is 14.3 Å². The minimum absolute atomic E-state index is 0.0145. The molecule has 1 saturated carbocycles. The lowest BCUT2D eigenvalue weighted by Gasteiger charge is -2.29. The van der Waals surface area contributed by atoms with Crippen molar-refractivity contribution >= 4 is 11.7 Å². The van der Waals surface area contributed by atoms with E-state index in [4.69, 9.17) is 4.74 Å². The van der Waals surface area contributed by atoms with Gasteiger partial charge in [-0.2, -0.15) is 5.10 Å². The highest BCUT2D eigenvalue weighted by Gasteiger charge is 2.37. The maximum absolute atomic E-state index is 13.5. The Kier molecular flexibility index (Phi) is 6.28. The number of Topliss-reactive ketones (excluding diaryl/α,β-unsaturated/α-hetero) is 1. The topological polar surface area (TPSA) is 64.4 Å². The van der Waals surface area contributed by atoms with Gasteiger partial charge in [0.1, 0.15) is 0 Å². The summed E-state index contributed by atoms with van der Waals surface area (Å²) in [5, 5.41) is 4.60. The highest BCUT2D eigenvalue weighted by Crippen LogP contribution is 2.33. The fourth-order valence-corrected chi connectivity index (χ4v) is 4.86. The smallest absolute Gasteiger partial charge is 0.255 e. The number of hydrogen-bond donors (Lipinski definition) is 0. The number of fused-ring (bicyclic) bond motifs is 1. The Balaban J connectivity index is 1.50. The van der Waals surface area contributed by atoms with Gasteiger partial charge in [-0.25, -0.2) is 0 Å². The molecule has 2 heterocycles. The van der Waals surface area contributed by atoms with E-state index in [9.17, 15) is 9.59 Å². The van der Waals surface area contributed by atoms with Crippen molar-refractivity contribution < 1.29 is 14.3 Å². The number of aromatic nitrogens is 2. The molecule has 0 saturated heterocycles. The molecule has 0 bridgehead atoms. The predicted octanol–water partition coefficient (Wildman–Crippen LogP) is 4.02. The molecule has 1 aromatic heterocycles. The van der Waals surface area contributed by atoms with E-state index in [1.807, 2.05) is 55.1 Å².